The van der Waals surface area contributed by atoms with Crippen molar-refractivity contribution in [2.45, 2.75) is 25.6 Å². The smallest absolute Gasteiger partial charge is 0.260 e. The number of nitrogens with one attached hydrogen (secondary N) is 1. The lowest BCUT2D eigenvalue weighted by Crippen LogP contribution is -2.40. The van der Waals surface area contributed by atoms with E-state index < -0.39 is 6.04 Å². The van der Waals surface area contributed by atoms with Crippen LogP contribution in [0.3, 0.4) is 0 Å². The Hall–Kier alpha value is -3.67. The highest BCUT2D eigenvalue weighted by atomic mass is 35.5. The number of aromatic nitrogens is 2. The fourth-order valence-corrected chi connectivity index (χ4v) is 4.03. The second kappa shape index (κ2) is 9.86. The third-order valence-corrected chi connectivity index (χ3v) is 5.82. The summed E-state index contributed by atoms with van der Waals surface area (Å²) in [6.45, 7) is 1.31. The topological polar surface area (TPSA) is 100 Å². The number of carbonyl (C=O) groups is 2. The zero-order valence-corrected chi connectivity index (χ0v) is 18.7. The van der Waals surface area contributed by atoms with Crippen molar-refractivity contribution in [3.8, 4) is 11.8 Å². The van der Waals surface area contributed by atoms with Gasteiger partial charge in [-0.15, -0.1) is 0 Å². The Balaban J connectivity index is 1.39. The summed E-state index contributed by atoms with van der Waals surface area (Å²) < 4.78 is 7.24. The van der Waals surface area contributed by atoms with E-state index in [4.69, 9.17) is 21.6 Å². The van der Waals surface area contributed by atoms with Crippen molar-refractivity contribution in [1.82, 2.24) is 19.8 Å². The summed E-state index contributed by atoms with van der Waals surface area (Å²) in [6.07, 6.45) is 3.99. The van der Waals surface area contributed by atoms with E-state index in [0.29, 0.717) is 48.0 Å². The molecule has 2 aromatic carbocycles. The van der Waals surface area contributed by atoms with Crippen LogP contribution in [-0.4, -0.2) is 46.0 Å². The maximum Gasteiger partial charge on any atom is 0.260 e. The number of methoxy groups -OCH3 is 1. The van der Waals surface area contributed by atoms with Crippen LogP contribution in [0.2, 0.25) is 5.02 Å². The van der Waals surface area contributed by atoms with Crippen LogP contribution in [0.15, 0.2) is 55.0 Å². The van der Waals surface area contributed by atoms with Crippen molar-refractivity contribution in [2.75, 3.05) is 13.7 Å². The van der Waals surface area contributed by atoms with Crippen LogP contribution in [0, 0.1) is 11.3 Å². The molecular formula is C24H22ClN5O3. The predicted molar refractivity (Wildman–Crippen MR) is 122 cm³/mol. The summed E-state index contributed by atoms with van der Waals surface area (Å²) in [5.41, 5.74) is 2.73. The summed E-state index contributed by atoms with van der Waals surface area (Å²) in [4.78, 5) is 31.0. The summed E-state index contributed by atoms with van der Waals surface area (Å²) in [5.74, 6) is -0.0646. The third-order valence-electron chi connectivity index (χ3n) is 5.59. The van der Waals surface area contributed by atoms with Crippen LogP contribution in [0.25, 0.3) is 0 Å². The first kappa shape index (κ1) is 22.5. The molecule has 0 aliphatic carbocycles. The molecule has 168 valence electrons. The molecule has 2 amide bonds. The van der Waals surface area contributed by atoms with Crippen molar-refractivity contribution < 1.29 is 14.3 Å². The van der Waals surface area contributed by atoms with Gasteiger partial charge in [0, 0.05) is 36.4 Å². The van der Waals surface area contributed by atoms with Crippen LogP contribution in [0.1, 0.15) is 33.6 Å². The van der Waals surface area contributed by atoms with Gasteiger partial charge >= 0.3 is 0 Å². The fraction of sp³-hybridized carbons (Fsp3) is 0.250. The van der Waals surface area contributed by atoms with Gasteiger partial charge in [0.15, 0.2) is 0 Å². The van der Waals surface area contributed by atoms with Crippen LogP contribution in [0.5, 0.6) is 5.75 Å². The summed E-state index contributed by atoms with van der Waals surface area (Å²) in [7, 11) is 1.53. The number of nitriles is 1. The molecular weight excluding hydrogens is 442 g/mol. The van der Waals surface area contributed by atoms with Gasteiger partial charge in [-0.05, 0) is 42.3 Å². The van der Waals surface area contributed by atoms with Gasteiger partial charge in [0.05, 0.1) is 30.7 Å². The SMILES string of the molecule is COc1cc(Cn2cncc2CN[C@@H]2CCN(C(=O)c3cccc(Cl)c3)C2=O)ccc1C#N. The highest BCUT2D eigenvalue weighted by molar-refractivity contribution is 6.31. The number of imidazole rings is 1. The van der Waals surface area contributed by atoms with Crippen molar-refractivity contribution in [3.05, 3.63) is 82.4 Å². The number of nitrogens with zero attached hydrogens (tertiary/aromatic N) is 4. The van der Waals surface area contributed by atoms with Crippen LogP contribution in [-0.2, 0) is 17.9 Å². The van der Waals surface area contributed by atoms with Gasteiger partial charge in [-0.3, -0.25) is 14.5 Å². The molecule has 0 unspecified atom stereocenters. The van der Waals surface area contributed by atoms with E-state index in [9.17, 15) is 9.59 Å². The van der Waals surface area contributed by atoms with Gasteiger partial charge in [0.2, 0.25) is 5.91 Å². The Labute approximate surface area is 196 Å². The molecule has 1 fully saturated rings. The van der Waals surface area contributed by atoms with E-state index >= 15 is 0 Å². The van der Waals surface area contributed by atoms with E-state index in [1.807, 2.05) is 16.7 Å². The first-order valence-corrected chi connectivity index (χ1v) is 10.8. The van der Waals surface area contributed by atoms with Crippen LogP contribution >= 0.6 is 11.6 Å². The quantitative estimate of drug-likeness (QED) is 0.540. The second-order valence-corrected chi connectivity index (χ2v) is 8.12. The molecule has 2 heterocycles. The molecule has 0 radical (unpaired) electrons. The molecule has 33 heavy (non-hydrogen) atoms. The van der Waals surface area contributed by atoms with Gasteiger partial charge in [-0.1, -0.05) is 23.7 Å². The molecule has 0 saturated carbocycles. The molecule has 8 nitrogen and oxygen atoms in total. The van der Waals surface area contributed by atoms with E-state index in [1.165, 1.54) is 12.0 Å². The Kier molecular flexibility index (Phi) is 6.73. The summed E-state index contributed by atoms with van der Waals surface area (Å²) in [6, 6.07) is 13.7. The fourth-order valence-electron chi connectivity index (χ4n) is 3.84. The standard InChI is InChI=1S/C24H22ClN5O3/c1-33-22-9-16(5-6-18(22)11-26)14-29-15-27-12-20(29)13-28-21-7-8-30(24(21)32)23(31)17-3-2-4-19(25)10-17/h2-6,9-10,12,15,21,28H,7-8,13-14H2,1H3/t21-/m1/s1. The average Bonchev–Trinajstić information content (AvgIpc) is 3.42. The van der Waals surface area contributed by atoms with E-state index in [-0.39, 0.29) is 11.8 Å². The molecule has 1 N–H and O–H groups in total. The lowest BCUT2D eigenvalue weighted by atomic mass is 10.1. The number of hydrogen-bond donors (Lipinski definition) is 1. The normalized spacial score (nSPS) is 15.5. The monoisotopic (exact) mass is 463 g/mol. The summed E-state index contributed by atoms with van der Waals surface area (Å²) >= 11 is 5.97. The molecule has 1 saturated heterocycles. The molecule has 0 bridgehead atoms. The highest BCUT2D eigenvalue weighted by Crippen LogP contribution is 2.21. The number of hydrogen-bond acceptors (Lipinski definition) is 6. The van der Waals surface area contributed by atoms with Crippen LogP contribution in [0.4, 0.5) is 0 Å². The zero-order chi connectivity index (χ0) is 23.4. The van der Waals surface area contributed by atoms with E-state index in [1.54, 1.807) is 42.9 Å². The zero-order valence-electron chi connectivity index (χ0n) is 18.0. The lowest BCUT2D eigenvalue weighted by Gasteiger charge is -2.16. The lowest BCUT2D eigenvalue weighted by molar-refractivity contribution is -0.127. The van der Waals surface area contributed by atoms with Crippen molar-refractivity contribution in [3.63, 3.8) is 0 Å². The third kappa shape index (κ3) is 4.90. The maximum absolute atomic E-state index is 12.8. The van der Waals surface area contributed by atoms with E-state index in [0.717, 1.165) is 11.3 Å². The highest BCUT2D eigenvalue weighted by Gasteiger charge is 2.35. The van der Waals surface area contributed by atoms with Crippen molar-refractivity contribution >= 4 is 23.4 Å². The molecule has 1 aromatic heterocycles. The Morgan fingerprint density at radius 2 is 2.18 bits per heavy atom. The number of ether oxygens (including phenoxy) is 1. The number of likely N-dealkylation sites (tertiary alicyclic amines) is 1. The van der Waals surface area contributed by atoms with Gasteiger partial charge in [-0.2, -0.15) is 5.26 Å². The van der Waals surface area contributed by atoms with Gasteiger partial charge in [-0.25, -0.2) is 4.98 Å². The number of carbonyl (C=O) groups excluding carboxylic acids is 2. The average molecular weight is 464 g/mol. The van der Waals surface area contributed by atoms with Gasteiger partial charge in [0.1, 0.15) is 11.8 Å². The number of benzene rings is 2. The van der Waals surface area contributed by atoms with Gasteiger partial charge < -0.3 is 14.6 Å². The molecule has 0 spiro atoms. The molecule has 1 atom stereocenters. The Bertz CT molecular complexity index is 1230. The summed E-state index contributed by atoms with van der Waals surface area (Å²) in [5, 5.41) is 12.9. The molecule has 3 aromatic rings. The minimum atomic E-state index is -0.452. The first-order valence-electron chi connectivity index (χ1n) is 10.4. The minimum absolute atomic E-state index is 0.247. The Morgan fingerprint density at radius 3 is 2.94 bits per heavy atom. The Morgan fingerprint density at radius 1 is 1.33 bits per heavy atom. The number of amides is 2. The maximum atomic E-state index is 12.8. The molecule has 4 rings (SSSR count). The first-order chi connectivity index (χ1) is 16.0. The molecule has 9 heteroatoms. The molecule has 1 aliphatic rings. The van der Waals surface area contributed by atoms with E-state index in [2.05, 4.69) is 16.4 Å². The number of imide groups is 1. The number of halogens is 1. The largest absolute Gasteiger partial charge is 0.495 e. The molecule has 1 aliphatic heterocycles. The minimum Gasteiger partial charge on any atom is -0.495 e. The van der Waals surface area contributed by atoms with Crippen molar-refractivity contribution in [1.29, 1.82) is 5.26 Å². The van der Waals surface area contributed by atoms with Crippen LogP contribution < -0.4 is 10.1 Å². The van der Waals surface area contributed by atoms with Crippen molar-refractivity contribution in [2.24, 2.45) is 0 Å². The second-order valence-electron chi connectivity index (χ2n) is 7.69. The number of rotatable bonds is 7. The van der Waals surface area contributed by atoms with Gasteiger partial charge in [0.25, 0.3) is 5.91 Å². The predicted octanol–water partition coefficient (Wildman–Crippen LogP) is 3.00.